The van der Waals surface area contributed by atoms with Crippen molar-refractivity contribution in [3.8, 4) is 5.75 Å². The number of hydrogen-bond acceptors (Lipinski definition) is 4. The van der Waals surface area contributed by atoms with Gasteiger partial charge in [0.25, 0.3) is 0 Å². The van der Waals surface area contributed by atoms with Gasteiger partial charge in [0.2, 0.25) is 0 Å². The third kappa shape index (κ3) is 5.21. The molecule has 0 spiro atoms. The summed E-state index contributed by atoms with van der Waals surface area (Å²) in [5.41, 5.74) is 2.52. The number of anilines is 1. The molecule has 0 amide bonds. The summed E-state index contributed by atoms with van der Waals surface area (Å²) in [4.78, 5) is 2.35. The van der Waals surface area contributed by atoms with Crippen LogP contribution >= 0.6 is 0 Å². The van der Waals surface area contributed by atoms with Crippen LogP contribution < -0.4 is 15.0 Å². The van der Waals surface area contributed by atoms with Gasteiger partial charge in [0.1, 0.15) is 12.4 Å². The number of para-hydroxylation sites is 1. The van der Waals surface area contributed by atoms with E-state index in [0.29, 0.717) is 6.61 Å². The maximum Gasteiger partial charge on any atom is 0.119 e. The molecule has 2 aromatic rings. The van der Waals surface area contributed by atoms with Gasteiger partial charge in [0, 0.05) is 31.4 Å². The number of hydrogen-bond donors (Lipinski definition) is 2. The van der Waals surface area contributed by atoms with E-state index in [4.69, 9.17) is 4.74 Å². The molecule has 1 fully saturated rings. The zero-order chi connectivity index (χ0) is 17.5. The van der Waals surface area contributed by atoms with Gasteiger partial charge >= 0.3 is 0 Å². The second-order valence-corrected chi connectivity index (χ2v) is 6.65. The van der Waals surface area contributed by atoms with Gasteiger partial charge in [-0.3, -0.25) is 0 Å². The zero-order valence-electron chi connectivity index (χ0n) is 14.9. The Labute approximate surface area is 150 Å². The van der Waals surface area contributed by atoms with Crippen molar-refractivity contribution in [3.05, 3.63) is 60.2 Å². The van der Waals surface area contributed by atoms with Crippen molar-refractivity contribution in [1.29, 1.82) is 0 Å². The molecule has 25 heavy (non-hydrogen) atoms. The summed E-state index contributed by atoms with van der Waals surface area (Å²) in [5.74, 6) is 0.910. The summed E-state index contributed by atoms with van der Waals surface area (Å²) in [6, 6.07) is 18.9. The summed E-state index contributed by atoms with van der Waals surface area (Å²) < 4.78 is 5.71. The summed E-state index contributed by atoms with van der Waals surface area (Å²) in [7, 11) is 0. The summed E-state index contributed by atoms with van der Waals surface area (Å²) in [6.07, 6.45) is 1.60. The number of ether oxygens (including phenoxy) is 1. The first-order valence-corrected chi connectivity index (χ1v) is 9.16. The molecule has 1 aliphatic heterocycles. The van der Waals surface area contributed by atoms with E-state index >= 15 is 0 Å². The van der Waals surface area contributed by atoms with Crippen LogP contribution in [0.4, 0.5) is 5.69 Å². The fraction of sp³-hybridized carbons (Fsp3) is 0.429. The minimum absolute atomic E-state index is 0.127. The van der Waals surface area contributed by atoms with E-state index in [1.54, 1.807) is 0 Å². The lowest BCUT2D eigenvalue weighted by Gasteiger charge is -2.31. The number of benzene rings is 2. The maximum absolute atomic E-state index is 9.62. The van der Waals surface area contributed by atoms with Gasteiger partial charge in [0.15, 0.2) is 0 Å². The average Bonchev–Trinajstić information content (AvgIpc) is 2.67. The Morgan fingerprint density at radius 3 is 2.44 bits per heavy atom. The predicted octanol–water partition coefficient (Wildman–Crippen LogP) is 3.38. The van der Waals surface area contributed by atoms with Crippen molar-refractivity contribution in [2.75, 3.05) is 31.1 Å². The van der Waals surface area contributed by atoms with Gasteiger partial charge in [0.05, 0.1) is 6.10 Å². The predicted molar refractivity (Wildman–Crippen MR) is 102 cm³/mol. The van der Waals surface area contributed by atoms with E-state index < -0.39 is 0 Å². The standard InChI is InChI=1S/C21H28N2O2/c1-17(22-13-16-25-21-5-3-2-4-6-21)18-7-9-19(10-8-18)23-14-11-20(24)12-15-23/h2-10,17,20,22,24H,11-16H2,1H3. The highest BCUT2D eigenvalue weighted by atomic mass is 16.5. The molecular weight excluding hydrogens is 312 g/mol. The van der Waals surface area contributed by atoms with Crippen LogP contribution in [0.2, 0.25) is 0 Å². The molecule has 1 saturated heterocycles. The molecule has 0 saturated carbocycles. The highest BCUT2D eigenvalue weighted by Gasteiger charge is 2.17. The maximum atomic E-state index is 9.62. The van der Waals surface area contributed by atoms with E-state index in [0.717, 1.165) is 38.2 Å². The molecule has 0 radical (unpaired) electrons. The molecule has 134 valence electrons. The average molecular weight is 340 g/mol. The Balaban J connectivity index is 1.43. The molecule has 2 N–H and O–H groups in total. The van der Waals surface area contributed by atoms with Crippen LogP contribution in [0, 0.1) is 0 Å². The van der Waals surface area contributed by atoms with Crippen LogP contribution in [0.25, 0.3) is 0 Å². The second kappa shape index (κ2) is 8.88. The van der Waals surface area contributed by atoms with Crippen molar-refractivity contribution in [2.24, 2.45) is 0 Å². The van der Waals surface area contributed by atoms with Gasteiger partial charge in [-0.15, -0.1) is 0 Å². The molecule has 0 aliphatic carbocycles. The largest absolute Gasteiger partial charge is 0.492 e. The molecule has 1 aliphatic rings. The number of aliphatic hydroxyl groups excluding tert-OH is 1. The molecule has 1 unspecified atom stereocenters. The highest BCUT2D eigenvalue weighted by Crippen LogP contribution is 2.22. The lowest BCUT2D eigenvalue weighted by molar-refractivity contribution is 0.145. The van der Waals surface area contributed by atoms with Crippen molar-refractivity contribution in [3.63, 3.8) is 0 Å². The quantitative estimate of drug-likeness (QED) is 0.759. The van der Waals surface area contributed by atoms with Gasteiger partial charge in [-0.25, -0.2) is 0 Å². The van der Waals surface area contributed by atoms with Crippen LogP contribution in [0.15, 0.2) is 54.6 Å². The molecule has 3 rings (SSSR count). The Kier molecular flexibility index (Phi) is 6.31. The van der Waals surface area contributed by atoms with E-state index in [1.165, 1.54) is 11.3 Å². The fourth-order valence-electron chi connectivity index (χ4n) is 3.18. The lowest BCUT2D eigenvalue weighted by atomic mass is 10.0. The third-order valence-corrected chi connectivity index (χ3v) is 4.79. The van der Waals surface area contributed by atoms with E-state index in [2.05, 4.69) is 41.4 Å². The second-order valence-electron chi connectivity index (χ2n) is 6.65. The topological polar surface area (TPSA) is 44.7 Å². The minimum atomic E-state index is -0.127. The highest BCUT2D eigenvalue weighted by molar-refractivity contribution is 5.48. The van der Waals surface area contributed by atoms with Gasteiger partial charge in [-0.05, 0) is 49.6 Å². The molecule has 4 nitrogen and oxygen atoms in total. The monoisotopic (exact) mass is 340 g/mol. The van der Waals surface area contributed by atoms with Gasteiger partial charge < -0.3 is 20.1 Å². The van der Waals surface area contributed by atoms with E-state index in [1.807, 2.05) is 30.3 Å². The van der Waals surface area contributed by atoms with Crippen LogP contribution in [0.3, 0.4) is 0 Å². The summed E-state index contributed by atoms with van der Waals surface area (Å²) in [5, 5.41) is 13.1. The van der Waals surface area contributed by atoms with Gasteiger partial charge in [-0.1, -0.05) is 30.3 Å². The molecule has 2 aromatic carbocycles. The molecule has 1 atom stereocenters. The van der Waals surface area contributed by atoms with Crippen molar-refractivity contribution < 1.29 is 9.84 Å². The number of nitrogens with zero attached hydrogens (tertiary/aromatic N) is 1. The number of rotatable bonds is 7. The van der Waals surface area contributed by atoms with Gasteiger partial charge in [-0.2, -0.15) is 0 Å². The smallest absolute Gasteiger partial charge is 0.119 e. The van der Waals surface area contributed by atoms with E-state index in [9.17, 15) is 5.11 Å². The first-order valence-electron chi connectivity index (χ1n) is 9.16. The lowest BCUT2D eigenvalue weighted by Crippen LogP contribution is -2.35. The van der Waals surface area contributed by atoms with Crippen LogP contribution in [0.5, 0.6) is 5.75 Å². The zero-order valence-corrected chi connectivity index (χ0v) is 14.9. The van der Waals surface area contributed by atoms with Crippen LogP contribution in [-0.4, -0.2) is 37.5 Å². The first-order chi connectivity index (χ1) is 12.2. The number of nitrogens with one attached hydrogen (secondary N) is 1. The molecule has 0 aromatic heterocycles. The van der Waals surface area contributed by atoms with Crippen LogP contribution in [0.1, 0.15) is 31.4 Å². The third-order valence-electron chi connectivity index (χ3n) is 4.79. The Hall–Kier alpha value is -2.04. The van der Waals surface area contributed by atoms with Crippen molar-refractivity contribution >= 4 is 5.69 Å². The fourth-order valence-corrected chi connectivity index (χ4v) is 3.18. The number of aliphatic hydroxyl groups is 1. The van der Waals surface area contributed by atoms with Crippen molar-refractivity contribution in [1.82, 2.24) is 5.32 Å². The summed E-state index contributed by atoms with van der Waals surface area (Å²) in [6.45, 7) is 5.51. The van der Waals surface area contributed by atoms with Crippen LogP contribution in [-0.2, 0) is 0 Å². The molecule has 1 heterocycles. The van der Waals surface area contributed by atoms with E-state index in [-0.39, 0.29) is 12.1 Å². The SMILES string of the molecule is CC(NCCOc1ccccc1)c1ccc(N2CCC(O)CC2)cc1. The Morgan fingerprint density at radius 1 is 1.08 bits per heavy atom. The van der Waals surface area contributed by atoms with Crippen molar-refractivity contribution in [2.45, 2.75) is 31.9 Å². The number of piperidine rings is 1. The normalized spacial score (nSPS) is 16.6. The Morgan fingerprint density at radius 2 is 1.76 bits per heavy atom. The minimum Gasteiger partial charge on any atom is -0.492 e. The molecule has 4 heteroatoms. The summed E-state index contributed by atoms with van der Waals surface area (Å²) >= 11 is 0. The Bertz CT molecular complexity index is 622. The molecular formula is C21H28N2O2. The molecule has 0 bridgehead atoms. The first kappa shape index (κ1) is 17.8.